The first-order valence-electron chi connectivity index (χ1n) is 8.61. The third-order valence-electron chi connectivity index (χ3n) is 4.17. The second kappa shape index (κ2) is 7.97. The van der Waals surface area contributed by atoms with E-state index in [1.165, 1.54) is 43.3 Å². The molecule has 0 unspecified atom stereocenters. The summed E-state index contributed by atoms with van der Waals surface area (Å²) in [4.78, 5) is 35.0. The highest BCUT2D eigenvalue weighted by Gasteiger charge is 2.28. The number of hydrogen-bond donors (Lipinski definition) is 1. The van der Waals surface area contributed by atoms with Crippen molar-refractivity contribution in [2.45, 2.75) is 13.8 Å². The molecule has 0 fully saturated rings. The van der Waals surface area contributed by atoms with Gasteiger partial charge in [0.15, 0.2) is 11.5 Å². The Morgan fingerprint density at radius 3 is 2.38 bits per heavy atom. The van der Waals surface area contributed by atoms with Crippen LogP contribution in [0.25, 0.3) is 6.08 Å². The largest absolute Gasteiger partial charge is 0.493 e. The quantitative estimate of drug-likeness (QED) is 0.475. The third-order valence-corrected chi connectivity index (χ3v) is 4.17. The van der Waals surface area contributed by atoms with E-state index in [4.69, 9.17) is 14.6 Å². The van der Waals surface area contributed by atoms with Crippen LogP contribution in [0.3, 0.4) is 0 Å². The predicted molar refractivity (Wildman–Crippen MR) is 106 cm³/mol. The van der Waals surface area contributed by atoms with Crippen molar-refractivity contribution in [1.82, 2.24) is 0 Å². The van der Waals surface area contributed by atoms with E-state index in [1.807, 2.05) is 0 Å². The molecule has 1 aliphatic heterocycles. The van der Waals surface area contributed by atoms with Gasteiger partial charge in [0.2, 0.25) is 0 Å². The average molecular weight is 394 g/mol. The molecule has 0 spiro atoms. The first-order valence-corrected chi connectivity index (χ1v) is 8.61. The molecule has 0 atom stereocenters. The molecule has 1 heterocycles. The summed E-state index contributed by atoms with van der Waals surface area (Å²) in [6.45, 7) is 3.00. The van der Waals surface area contributed by atoms with Crippen LogP contribution in [0.2, 0.25) is 0 Å². The van der Waals surface area contributed by atoms with Gasteiger partial charge in [-0.05, 0) is 55.0 Å². The summed E-state index contributed by atoms with van der Waals surface area (Å²) in [5.74, 6) is -1.21. The van der Waals surface area contributed by atoms with Crippen LogP contribution in [-0.2, 0) is 9.59 Å². The van der Waals surface area contributed by atoms with E-state index in [1.54, 1.807) is 31.2 Å². The molecule has 8 nitrogen and oxygen atoms in total. The molecule has 2 aromatic carbocycles. The van der Waals surface area contributed by atoms with Crippen LogP contribution in [0, 0.1) is 0 Å². The van der Waals surface area contributed by atoms with Crippen LogP contribution in [0.15, 0.2) is 53.1 Å². The molecule has 0 saturated heterocycles. The van der Waals surface area contributed by atoms with E-state index in [0.29, 0.717) is 28.3 Å². The van der Waals surface area contributed by atoms with Crippen molar-refractivity contribution >= 4 is 35.3 Å². The van der Waals surface area contributed by atoms with Gasteiger partial charge in [-0.1, -0.05) is 6.07 Å². The maximum absolute atomic E-state index is 12.8. The molecular formula is C21H18N2O6. The van der Waals surface area contributed by atoms with Gasteiger partial charge in [-0.3, -0.25) is 9.59 Å². The monoisotopic (exact) mass is 394 g/mol. The minimum absolute atomic E-state index is 0.122. The minimum Gasteiger partial charge on any atom is -0.493 e. The van der Waals surface area contributed by atoms with Crippen molar-refractivity contribution in [1.29, 1.82) is 0 Å². The van der Waals surface area contributed by atoms with Crippen molar-refractivity contribution in [3.8, 4) is 11.5 Å². The van der Waals surface area contributed by atoms with E-state index < -0.39 is 11.9 Å². The molecule has 0 saturated carbocycles. The lowest BCUT2D eigenvalue weighted by Crippen LogP contribution is -2.21. The van der Waals surface area contributed by atoms with Gasteiger partial charge >= 0.3 is 11.9 Å². The van der Waals surface area contributed by atoms with Gasteiger partial charge in [-0.25, -0.2) is 4.79 Å². The zero-order chi connectivity index (χ0) is 21.1. The number of ether oxygens (including phenoxy) is 2. The lowest BCUT2D eigenvalue weighted by atomic mass is 10.1. The molecule has 1 N–H and O–H groups in total. The first kappa shape index (κ1) is 19.8. The van der Waals surface area contributed by atoms with Crippen LogP contribution in [-0.4, -0.2) is 35.8 Å². The maximum Gasteiger partial charge on any atom is 0.335 e. The maximum atomic E-state index is 12.8. The Morgan fingerprint density at radius 2 is 1.79 bits per heavy atom. The summed E-state index contributed by atoms with van der Waals surface area (Å²) in [5.41, 5.74) is 2.15. The summed E-state index contributed by atoms with van der Waals surface area (Å²) in [7, 11) is 1.45. The van der Waals surface area contributed by atoms with Gasteiger partial charge in [-0.15, -0.1) is 0 Å². The number of carboxylic acid groups (broad SMARTS) is 1. The van der Waals surface area contributed by atoms with Crippen molar-refractivity contribution in [2.75, 3.05) is 12.1 Å². The molecule has 3 rings (SSSR count). The molecule has 1 amide bonds. The third kappa shape index (κ3) is 4.16. The van der Waals surface area contributed by atoms with E-state index in [2.05, 4.69) is 5.10 Å². The molecule has 0 radical (unpaired) electrons. The van der Waals surface area contributed by atoms with Crippen LogP contribution in [0.1, 0.15) is 29.8 Å². The Kier molecular flexibility index (Phi) is 5.45. The van der Waals surface area contributed by atoms with Crippen LogP contribution in [0.4, 0.5) is 5.69 Å². The number of methoxy groups -OCH3 is 1. The van der Waals surface area contributed by atoms with Gasteiger partial charge in [0, 0.05) is 6.92 Å². The molecule has 2 aromatic rings. The van der Waals surface area contributed by atoms with Crippen LogP contribution < -0.4 is 14.5 Å². The number of hydrazone groups is 1. The van der Waals surface area contributed by atoms with E-state index in [9.17, 15) is 14.4 Å². The van der Waals surface area contributed by atoms with Gasteiger partial charge < -0.3 is 14.6 Å². The number of amides is 1. The fraction of sp³-hybridized carbons (Fsp3) is 0.143. The molecule has 0 aromatic heterocycles. The second-order valence-electron chi connectivity index (χ2n) is 6.22. The number of hydrogen-bond acceptors (Lipinski definition) is 6. The van der Waals surface area contributed by atoms with Crippen molar-refractivity contribution in [3.63, 3.8) is 0 Å². The average Bonchev–Trinajstić information content (AvgIpc) is 2.97. The second-order valence-corrected chi connectivity index (χ2v) is 6.22. The van der Waals surface area contributed by atoms with Crippen molar-refractivity contribution in [2.24, 2.45) is 5.10 Å². The van der Waals surface area contributed by atoms with Crippen LogP contribution >= 0.6 is 0 Å². The Labute approximate surface area is 166 Å². The standard InChI is InChI=1S/C21H18N2O6/c1-12-17(10-14-4-9-18(29-13(2)24)19(11-14)28-3)20(25)23(22-12)16-7-5-15(6-8-16)21(26)27/h4-11H,1-3H3,(H,26,27)/b17-10-. The summed E-state index contributed by atoms with van der Waals surface area (Å²) >= 11 is 0. The smallest absolute Gasteiger partial charge is 0.335 e. The van der Waals surface area contributed by atoms with Gasteiger partial charge in [0.1, 0.15) is 0 Å². The van der Waals surface area contributed by atoms with Crippen LogP contribution in [0.5, 0.6) is 11.5 Å². The van der Waals surface area contributed by atoms with Gasteiger partial charge in [-0.2, -0.15) is 10.1 Å². The number of anilines is 1. The highest BCUT2D eigenvalue weighted by atomic mass is 16.6. The minimum atomic E-state index is -1.05. The summed E-state index contributed by atoms with van der Waals surface area (Å²) in [6.07, 6.45) is 1.66. The molecular weight excluding hydrogens is 376 g/mol. The fourth-order valence-electron chi connectivity index (χ4n) is 2.78. The highest BCUT2D eigenvalue weighted by Crippen LogP contribution is 2.30. The molecule has 0 bridgehead atoms. The Balaban J connectivity index is 1.89. The molecule has 8 heteroatoms. The van der Waals surface area contributed by atoms with Crippen molar-refractivity contribution in [3.05, 3.63) is 59.2 Å². The zero-order valence-corrected chi connectivity index (χ0v) is 16.0. The number of carbonyl (C=O) groups excluding carboxylic acids is 2. The molecule has 1 aliphatic rings. The highest BCUT2D eigenvalue weighted by molar-refractivity contribution is 6.32. The SMILES string of the molecule is COc1cc(/C=C2\C(=O)N(c3ccc(C(=O)O)cc3)N=C2C)ccc1OC(C)=O. The van der Waals surface area contributed by atoms with E-state index >= 15 is 0 Å². The molecule has 148 valence electrons. The van der Waals surface area contributed by atoms with Crippen molar-refractivity contribution < 1.29 is 29.0 Å². The lowest BCUT2D eigenvalue weighted by Gasteiger charge is -2.12. The molecule has 29 heavy (non-hydrogen) atoms. The number of esters is 1. The first-order chi connectivity index (χ1) is 13.8. The number of carboxylic acids is 1. The van der Waals surface area contributed by atoms with Gasteiger partial charge in [0.25, 0.3) is 5.91 Å². The fourth-order valence-corrected chi connectivity index (χ4v) is 2.78. The normalized spacial score (nSPS) is 14.7. The Bertz CT molecular complexity index is 1050. The zero-order valence-electron chi connectivity index (χ0n) is 16.0. The van der Waals surface area contributed by atoms with E-state index in [0.717, 1.165) is 0 Å². The van der Waals surface area contributed by atoms with E-state index in [-0.39, 0.29) is 17.2 Å². The predicted octanol–water partition coefficient (Wildman–Crippen LogP) is 3.12. The summed E-state index contributed by atoms with van der Waals surface area (Å²) in [5, 5.41) is 14.5. The Morgan fingerprint density at radius 1 is 1.10 bits per heavy atom. The topological polar surface area (TPSA) is 106 Å². The number of nitrogens with zero attached hydrogens (tertiary/aromatic N) is 2. The summed E-state index contributed by atoms with van der Waals surface area (Å²) < 4.78 is 10.3. The number of rotatable bonds is 5. The summed E-state index contributed by atoms with van der Waals surface area (Å²) in [6, 6.07) is 10.8. The number of aromatic carboxylic acids is 1. The lowest BCUT2D eigenvalue weighted by molar-refractivity contribution is -0.132. The Hall–Kier alpha value is -3.94. The molecule has 0 aliphatic carbocycles. The van der Waals surface area contributed by atoms with Gasteiger partial charge in [0.05, 0.1) is 29.6 Å². The number of benzene rings is 2. The number of carbonyl (C=O) groups is 3.